The number of benzene rings is 2. The highest BCUT2D eigenvalue weighted by Gasteiger charge is 2.36. The molecule has 6 rings (SSSR count). The summed E-state index contributed by atoms with van der Waals surface area (Å²) in [5, 5.41) is 3.30. The smallest absolute Gasteiger partial charge is 0.387 e. The molecule has 0 bridgehead atoms. The third-order valence-corrected chi connectivity index (χ3v) is 7.93. The first-order chi connectivity index (χ1) is 20.3. The Labute approximate surface area is 241 Å². The van der Waals surface area contributed by atoms with Crippen LogP contribution in [0.15, 0.2) is 61.1 Å². The number of aryl methyl sites for hydroxylation is 1. The number of fused-ring (bicyclic) bond motifs is 1. The summed E-state index contributed by atoms with van der Waals surface area (Å²) in [6.07, 6.45) is 6.60. The van der Waals surface area contributed by atoms with E-state index in [-0.39, 0.29) is 29.5 Å². The van der Waals surface area contributed by atoms with E-state index in [1.807, 2.05) is 28.4 Å². The number of rotatable bonds is 7. The molecule has 0 unspecified atom stereocenters. The van der Waals surface area contributed by atoms with Gasteiger partial charge in [-0.25, -0.2) is 9.97 Å². The Morgan fingerprint density at radius 2 is 1.74 bits per heavy atom. The fraction of sp³-hybridized carbons (Fsp3) is 0.333. The number of halogens is 2. The monoisotopic (exact) mass is 575 g/mol. The topological polar surface area (TPSA) is 118 Å². The molecule has 0 atom stereocenters. The van der Waals surface area contributed by atoms with Crippen molar-refractivity contribution in [3.05, 3.63) is 72.2 Å². The van der Waals surface area contributed by atoms with E-state index in [1.165, 1.54) is 12.1 Å². The molecule has 2 aromatic carbocycles. The number of hydrogen-bond acceptors (Lipinski definition) is 7. The van der Waals surface area contributed by atoms with E-state index in [0.717, 1.165) is 35.3 Å². The number of alkyl halides is 2. The number of ether oxygens (including phenoxy) is 1. The molecule has 218 valence electrons. The van der Waals surface area contributed by atoms with Crippen LogP contribution in [0.3, 0.4) is 0 Å². The van der Waals surface area contributed by atoms with Crippen molar-refractivity contribution in [1.29, 1.82) is 0 Å². The van der Waals surface area contributed by atoms with E-state index in [0.29, 0.717) is 43.2 Å². The molecular weight excluding hydrogens is 544 g/mol. The van der Waals surface area contributed by atoms with Gasteiger partial charge in [0.1, 0.15) is 5.75 Å². The van der Waals surface area contributed by atoms with Gasteiger partial charge in [0.25, 0.3) is 5.91 Å². The van der Waals surface area contributed by atoms with Crippen molar-refractivity contribution in [2.75, 3.05) is 31.5 Å². The number of nitrogens with two attached hydrogens (primary N) is 1. The summed E-state index contributed by atoms with van der Waals surface area (Å²) in [7, 11) is 0. The second kappa shape index (κ2) is 11.4. The van der Waals surface area contributed by atoms with Gasteiger partial charge in [-0.15, -0.1) is 0 Å². The van der Waals surface area contributed by atoms with E-state index in [9.17, 15) is 18.4 Å². The Kier molecular flexibility index (Phi) is 7.46. The molecule has 3 N–H and O–H groups in total. The summed E-state index contributed by atoms with van der Waals surface area (Å²) in [5.74, 6) is 0.727. The number of amides is 2. The number of hydrogen-bond donors (Lipinski definition) is 2. The van der Waals surface area contributed by atoms with E-state index >= 15 is 0 Å². The predicted molar refractivity (Wildman–Crippen MR) is 153 cm³/mol. The number of imidazole rings is 1. The fourth-order valence-corrected chi connectivity index (χ4v) is 5.57. The minimum Gasteiger partial charge on any atom is -0.435 e. The number of piperazine rings is 1. The Morgan fingerprint density at radius 1 is 1.02 bits per heavy atom. The number of nitrogens with zero attached hydrogens (tertiary/aromatic N) is 5. The first kappa shape index (κ1) is 27.6. The standard InChI is InChI=1S/C30H31F2N7O3/c1-18-14-22(4-7-24(18)29(41)38-12-10-37(11-13-38)28(40)20-15-21(33)16-20)36-26-27-35-17-25(39(27)9-8-34-26)19-2-5-23(6-3-19)42-30(31)32/h2-9,14,17,20-21,30H,10-13,15-16,33H2,1H3,(H,34,36)/t20-,21-. The lowest BCUT2D eigenvalue weighted by Gasteiger charge is -2.40. The fourth-order valence-electron chi connectivity index (χ4n) is 5.57. The molecule has 2 aliphatic rings. The highest BCUT2D eigenvalue weighted by atomic mass is 19.3. The molecule has 2 fully saturated rings. The van der Waals surface area contributed by atoms with E-state index in [2.05, 4.69) is 20.0 Å². The Hall–Kier alpha value is -4.58. The summed E-state index contributed by atoms with van der Waals surface area (Å²) in [6.45, 7) is 1.07. The molecule has 42 heavy (non-hydrogen) atoms. The van der Waals surface area contributed by atoms with Crippen molar-refractivity contribution < 1.29 is 23.1 Å². The number of carbonyl (C=O) groups excluding carboxylic acids is 2. The second-order valence-corrected chi connectivity index (χ2v) is 10.7. The van der Waals surface area contributed by atoms with Crippen LogP contribution in [0.2, 0.25) is 0 Å². The van der Waals surface area contributed by atoms with Crippen molar-refractivity contribution in [2.24, 2.45) is 11.7 Å². The van der Waals surface area contributed by atoms with Crippen molar-refractivity contribution in [2.45, 2.75) is 32.4 Å². The lowest BCUT2D eigenvalue weighted by Crippen LogP contribution is -2.54. The third kappa shape index (κ3) is 5.49. The van der Waals surface area contributed by atoms with Gasteiger partial charge in [0.2, 0.25) is 5.91 Å². The number of aromatic nitrogens is 3. The van der Waals surface area contributed by atoms with Crippen LogP contribution in [0, 0.1) is 12.8 Å². The summed E-state index contributed by atoms with van der Waals surface area (Å²) < 4.78 is 31.3. The molecule has 10 nitrogen and oxygen atoms in total. The molecule has 12 heteroatoms. The molecule has 0 radical (unpaired) electrons. The zero-order valence-electron chi connectivity index (χ0n) is 23.0. The predicted octanol–water partition coefficient (Wildman–Crippen LogP) is 4.07. The Bertz CT molecular complexity index is 1610. The second-order valence-electron chi connectivity index (χ2n) is 10.7. The van der Waals surface area contributed by atoms with Gasteiger partial charge in [-0.05, 0) is 67.8 Å². The van der Waals surface area contributed by atoms with Crippen LogP contribution in [-0.2, 0) is 4.79 Å². The van der Waals surface area contributed by atoms with Crippen LogP contribution < -0.4 is 15.8 Å². The Balaban J connectivity index is 1.13. The maximum atomic E-state index is 13.3. The largest absolute Gasteiger partial charge is 0.435 e. The van der Waals surface area contributed by atoms with Crippen LogP contribution in [0.4, 0.5) is 20.3 Å². The zero-order chi connectivity index (χ0) is 29.4. The maximum Gasteiger partial charge on any atom is 0.387 e. The van der Waals surface area contributed by atoms with Gasteiger partial charge in [-0.2, -0.15) is 8.78 Å². The molecular formula is C30H31F2N7O3. The highest BCUT2D eigenvalue weighted by molar-refractivity contribution is 5.96. The van der Waals surface area contributed by atoms with Crippen molar-refractivity contribution in [3.63, 3.8) is 0 Å². The first-order valence-corrected chi connectivity index (χ1v) is 13.9. The molecule has 1 aliphatic carbocycles. The van der Waals surface area contributed by atoms with Crippen LogP contribution in [0.1, 0.15) is 28.8 Å². The minimum atomic E-state index is -2.88. The van der Waals surface area contributed by atoms with Crippen molar-refractivity contribution in [3.8, 4) is 17.0 Å². The van der Waals surface area contributed by atoms with Crippen LogP contribution in [0.5, 0.6) is 5.75 Å². The molecule has 0 spiro atoms. The van der Waals surface area contributed by atoms with Gasteiger partial charge < -0.3 is 25.6 Å². The summed E-state index contributed by atoms with van der Waals surface area (Å²) in [6, 6.07) is 12.0. The summed E-state index contributed by atoms with van der Waals surface area (Å²) in [4.78, 5) is 38.6. The van der Waals surface area contributed by atoms with Crippen molar-refractivity contribution in [1.82, 2.24) is 24.2 Å². The molecule has 4 aromatic rings. The number of nitrogens with one attached hydrogen (secondary N) is 1. The lowest BCUT2D eigenvalue weighted by molar-refractivity contribution is -0.140. The number of carbonyl (C=O) groups is 2. The maximum absolute atomic E-state index is 13.3. The summed E-state index contributed by atoms with van der Waals surface area (Å²) >= 11 is 0. The minimum absolute atomic E-state index is 0.0279. The average molecular weight is 576 g/mol. The van der Waals surface area contributed by atoms with Gasteiger partial charge in [-0.3, -0.25) is 14.0 Å². The van der Waals surface area contributed by atoms with E-state index in [1.54, 1.807) is 41.7 Å². The zero-order valence-corrected chi connectivity index (χ0v) is 23.0. The van der Waals surface area contributed by atoms with Gasteiger partial charge in [-0.1, -0.05) is 0 Å². The average Bonchev–Trinajstić information content (AvgIpc) is 3.40. The third-order valence-electron chi connectivity index (χ3n) is 7.93. The molecule has 1 saturated carbocycles. The SMILES string of the molecule is Cc1cc(Nc2nccn3c(-c4ccc(OC(F)F)cc4)cnc23)ccc1C(=O)N1CCN(C(=O)[C@H]2C[C@H](N)C2)CC1. The van der Waals surface area contributed by atoms with Crippen LogP contribution in [0.25, 0.3) is 16.9 Å². The Morgan fingerprint density at radius 3 is 2.40 bits per heavy atom. The van der Waals surface area contributed by atoms with E-state index < -0.39 is 6.61 Å². The number of anilines is 2. The summed E-state index contributed by atoms with van der Waals surface area (Å²) in [5.41, 5.74) is 10.1. The van der Waals surface area contributed by atoms with Gasteiger partial charge in [0, 0.05) is 67.3 Å². The lowest BCUT2D eigenvalue weighted by atomic mass is 9.80. The quantitative estimate of drug-likeness (QED) is 0.341. The molecule has 1 aliphatic heterocycles. The van der Waals surface area contributed by atoms with Gasteiger partial charge in [0.05, 0.1) is 11.9 Å². The van der Waals surface area contributed by atoms with Crippen molar-refractivity contribution >= 4 is 29.0 Å². The molecule has 1 saturated heterocycles. The molecule has 3 heterocycles. The first-order valence-electron chi connectivity index (χ1n) is 13.9. The van der Waals surface area contributed by atoms with Crippen LogP contribution >= 0.6 is 0 Å². The highest BCUT2D eigenvalue weighted by Crippen LogP contribution is 2.29. The molecule has 2 amide bonds. The van der Waals surface area contributed by atoms with E-state index in [4.69, 9.17) is 5.73 Å². The molecule has 2 aromatic heterocycles. The van der Waals surface area contributed by atoms with Crippen LogP contribution in [-0.4, -0.2) is 74.8 Å². The van der Waals surface area contributed by atoms with Gasteiger partial charge >= 0.3 is 6.61 Å². The van der Waals surface area contributed by atoms with Gasteiger partial charge in [0.15, 0.2) is 11.5 Å². The normalized spacial score (nSPS) is 18.7.